The normalized spacial score (nSPS) is 30.5. The van der Waals surface area contributed by atoms with E-state index in [1.54, 1.807) is 0 Å². The van der Waals surface area contributed by atoms with Crippen molar-refractivity contribution in [1.29, 1.82) is 0 Å². The van der Waals surface area contributed by atoms with Crippen molar-refractivity contribution in [2.75, 3.05) is 6.61 Å². The molecule has 2 heteroatoms. The van der Waals surface area contributed by atoms with Gasteiger partial charge in [-0.3, -0.25) is 4.79 Å². The molecule has 3 atom stereocenters. The summed E-state index contributed by atoms with van der Waals surface area (Å²) in [5.74, 6) is 1.65. The van der Waals surface area contributed by atoms with Crippen LogP contribution in [0.1, 0.15) is 63.0 Å². The van der Waals surface area contributed by atoms with E-state index < -0.39 is 0 Å². The minimum atomic E-state index is 0.127. The summed E-state index contributed by atoms with van der Waals surface area (Å²) in [7, 11) is 0. The van der Waals surface area contributed by atoms with E-state index in [4.69, 9.17) is 4.74 Å². The van der Waals surface area contributed by atoms with Gasteiger partial charge in [0.15, 0.2) is 0 Å². The maximum absolute atomic E-state index is 12.1. The van der Waals surface area contributed by atoms with Gasteiger partial charge >= 0.3 is 0 Å². The van der Waals surface area contributed by atoms with Gasteiger partial charge in [-0.1, -0.05) is 55.3 Å². The van der Waals surface area contributed by atoms with Crippen molar-refractivity contribution in [1.82, 2.24) is 0 Å². The molecule has 0 aromatic heterocycles. The number of benzene rings is 1. The van der Waals surface area contributed by atoms with Crippen molar-refractivity contribution >= 4 is 5.78 Å². The van der Waals surface area contributed by atoms with Gasteiger partial charge in [-0.05, 0) is 55.4 Å². The largest absolute Gasteiger partial charge is 0.376 e. The lowest BCUT2D eigenvalue weighted by atomic mass is 9.60. The zero-order valence-corrected chi connectivity index (χ0v) is 15.9. The Morgan fingerprint density at radius 3 is 2.68 bits per heavy atom. The van der Waals surface area contributed by atoms with Crippen LogP contribution in [0.3, 0.4) is 0 Å². The lowest BCUT2D eigenvalue weighted by molar-refractivity contribution is -0.123. The van der Waals surface area contributed by atoms with Gasteiger partial charge < -0.3 is 4.74 Å². The molecule has 0 N–H and O–H groups in total. The molecular weight excluding hydrogens is 308 g/mol. The number of carbonyl (C=O) groups excluding carboxylic acids is 1. The minimum absolute atomic E-state index is 0.127. The first-order valence-corrected chi connectivity index (χ1v) is 9.76. The SMILES string of the molecule is C=C1CC(=O)C[C@@](C)(C2CCCC(COCc3ccc(C)cc3)C2)C1. The van der Waals surface area contributed by atoms with Crippen LogP contribution >= 0.6 is 0 Å². The highest BCUT2D eigenvalue weighted by molar-refractivity contribution is 5.82. The molecule has 2 fully saturated rings. The van der Waals surface area contributed by atoms with Crippen LogP contribution in [0.4, 0.5) is 0 Å². The van der Waals surface area contributed by atoms with Crippen LogP contribution in [0.25, 0.3) is 0 Å². The van der Waals surface area contributed by atoms with Crippen LogP contribution in [0.15, 0.2) is 36.4 Å². The Bertz CT molecular complexity index is 597. The second-order valence-electron chi connectivity index (χ2n) is 8.70. The number of hydrogen-bond donors (Lipinski definition) is 0. The smallest absolute Gasteiger partial charge is 0.137 e. The lowest BCUT2D eigenvalue weighted by Crippen LogP contribution is -2.37. The number of aryl methyl sites for hydroxylation is 1. The molecule has 2 unspecified atom stereocenters. The maximum atomic E-state index is 12.1. The predicted molar refractivity (Wildman–Crippen MR) is 102 cm³/mol. The van der Waals surface area contributed by atoms with Crippen molar-refractivity contribution in [3.05, 3.63) is 47.5 Å². The van der Waals surface area contributed by atoms with E-state index in [-0.39, 0.29) is 5.41 Å². The number of rotatable bonds is 5. The number of ketones is 1. The molecule has 2 nitrogen and oxygen atoms in total. The Balaban J connectivity index is 1.51. The molecule has 0 saturated heterocycles. The molecule has 136 valence electrons. The third-order valence-corrected chi connectivity index (χ3v) is 6.21. The zero-order chi connectivity index (χ0) is 17.9. The molecular formula is C23H32O2. The molecule has 0 aliphatic heterocycles. The molecule has 1 aromatic carbocycles. The number of hydrogen-bond acceptors (Lipinski definition) is 2. The van der Waals surface area contributed by atoms with E-state index in [9.17, 15) is 4.79 Å². The molecule has 25 heavy (non-hydrogen) atoms. The highest BCUT2D eigenvalue weighted by atomic mass is 16.5. The van der Waals surface area contributed by atoms with Crippen molar-refractivity contribution in [3.8, 4) is 0 Å². The molecule has 2 aliphatic carbocycles. The monoisotopic (exact) mass is 340 g/mol. The summed E-state index contributed by atoms with van der Waals surface area (Å²) in [5, 5.41) is 0. The fourth-order valence-corrected chi connectivity index (χ4v) is 4.88. The van der Waals surface area contributed by atoms with E-state index in [0.717, 1.165) is 25.0 Å². The van der Waals surface area contributed by atoms with Gasteiger partial charge in [0.2, 0.25) is 0 Å². The van der Waals surface area contributed by atoms with Crippen molar-refractivity contribution in [2.45, 2.75) is 65.4 Å². The van der Waals surface area contributed by atoms with E-state index in [1.807, 2.05) is 0 Å². The number of Topliss-reactive ketones (excluding diaryl/α,β-unsaturated/α-hetero) is 1. The molecule has 0 amide bonds. The molecule has 0 spiro atoms. The molecule has 0 radical (unpaired) electrons. The second-order valence-corrected chi connectivity index (χ2v) is 8.70. The fourth-order valence-electron chi connectivity index (χ4n) is 4.88. The van der Waals surface area contributed by atoms with E-state index >= 15 is 0 Å². The molecule has 3 rings (SSSR count). The Kier molecular flexibility index (Phi) is 5.78. The quantitative estimate of drug-likeness (QED) is 0.649. The van der Waals surface area contributed by atoms with Gasteiger partial charge in [-0.2, -0.15) is 0 Å². The molecule has 0 bridgehead atoms. The third kappa shape index (κ3) is 4.82. The standard InChI is InChI=1S/C23H32O2/c1-17-7-9-19(10-8-17)15-25-16-20-5-4-6-21(12-20)23(3)13-18(2)11-22(24)14-23/h7-10,20-21H,2,4-6,11-16H2,1,3H3/t20?,21?,23-/m0/s1. The predicted octanol–water partition coefficient (Wildman–Crippen LogP) is 5.63. The lowest BCUT2D eigenvalue weighted by Gasteiger charge is -2.44. The number of ether oxygens (including phenoxy) is 1. The fraction of sp³-hybridized carbons (Fsp3) is 0.609. The second kappa shape index (κ2) is 7.86. The van der Waals surface area contributed by atoms with E-state index in [2.05, 4.69) is 44.7 Å². The first kappa shape index (κ1) is 18.4. The van der Waals surface area contributed by atoms with Crippen molar-refractivity contribution in [2.24, 2.45) is 17.3 Å². The van der Waals surface area contributed by atoms with Crippen LogP contribution in [-0.2, 0) is 16.1 Å². The minimum Gasteiger partial charge on any atom is -0.376 e. The summed E-state index contributed by atoms with van der Waals surface area (Å²) in [4.78, 5) is 12.1. The van der Waals surface area contributed by atoms with Gasteiger partial charge in [-0.25, -0.2) is 0 Å². The van der Waals surface area contributed by atoms with E-state index in [1.165, 1.54) is 36.8 Å². The van der Waals surface area contributed by atoms with Gasteiger partial charge in [0, 0.05) is 19.4 Å². The maximum Gasteiger partial charge on any atom is 0.137 e. The Hall–Kier alpha value is -1.41. The number of carbonyl (C=O) groups is 1. The van der Waals surface area contributed by atoms with Crippen molar-refractivity contribution in [3.63, 3.8) is 0 Å². The average Bonchev–Trinajstić information content (AvgIpc) is 2.56. The summed E-state index contributed by atoms with van der Waals surface area (Å²) in [6, 6.07) is 8.59. The van der Waals surface area contributed by atoms with Crippen LogP contribution in [0.5, 0.6) is 0 Å². The topological polar surface area (TPSA) is 26.3 Å². The van der Waals surface area contributed by atoms with Gasteiger partial charge in [-0.15, -0.1) is 0 Å². The molecule has 2 aliphatic rings. The first-order valence-electron chi connectivity index (χ1n) is 9.76. The molecule has 2 saturated carbocycles. The van der Waals surface area contributed by atoms with Crippen LogP contribution in [-0.4, -0.2) is 12.4 Å². The Morgan fingerprint density at radius 1 is 1.20 bits per heavy atom. The molecule has 1 aromatic rings. The Morgan fingerprint density at radius 2 is 1.96 bits per heavy atom. The van der Waals surface area contributed by atoms with Gasteiger partial charge in [0.05, 0.1) is 6.61 Å². The zero-order valence-electron chi connectivity index (χ0n) is 15.9. The molecule has 0 heterocycles. The highest BCUT2D eigenvalue weighted by Crippen LogP contribution is 2.49. The highest BCUT2D eigenvalue weighted by Gasteiger charge is 2.41. The van der Waals surface area contributed by atoms with Crippen LogP contribution < -0.4 is 0 Å². The van der Waals surface area contributed by atoms with Gasteiger partial charge in [0.25, 0.3) is 0 Å². The Labute approximate surface area is 152 Å². The van der Waals surface area contributed by atoms with Crippen LogP contribution in [0.2, 0.25) is 0 Å². The van der Waals surface area contributed by atoms with Gasteiger partial charge in [0.1, 0.15) is 5.78 Å². The third-order valence-electron chi connectivity index (χ3n) is 6.21. The van der Waals surface area contributed by atoms with E-state index in [0.29, 0.717) is 30.6 Å². The summed E-state index contributed by atoms with van der Waals surface area (Å²) in [6.07, 6.45) is 7.35. The summed E-state index contributed by atoms with van der Waals surface area (Å²) in [5.41, 5.74) is 3.80. The summed E-state index contributed by atoms with van der Waals surface area (Å²) >= 11 is 0. The number of allylic oxidation sites excluding steroid dienone is 1. The summed E-state index contributed by atoms with van der Waals surface area (Å²) < 4.78 is 6.03. The van der Waals surface area contributed by atoms with Crippen molar-refractivity contribution < 1.29 is 9.53 Å². The van der Waals surface area contributed by atoms with Crippen LogP contribution in [0, 0.1) is 24.2 Å². The first-order chi connectivity index (χ1) is 11.9. The summed E-state index contributed by atoms with van der Waals surface area (Å²) in [6.45, 7) is 10.1. The average molecular weight is 341 g/mol.